The molecule has 1 amide bonds. The lowest BCUT2D eigenvalue weighted by atomic mass is 9.98. The first-order chi connectivity index (χ1) is 15.1. The highest BCUT2D eigenvalue weighted by molar-refractivity contribution is 7.92. The summed E-state index contributed by atoms with van der Waals surface area (Å²) in [5.74, 6) is -0.0122. The summed E-state index contributed by atoms with van der Waals surface area (Å²) >= 11 is 1.31. The molecule has 0 fully saturated rings. The Balaban J connectivity index is 1.95. The zero-order chi connectivity index (χ0) is 23.5. The Morgan fingerprint density at radius 2 is 1.84 bits per heavy atom. The fourth-order valence-corrected chi connectivity index (χ4v) is 5.44. The number of thiazole rings is 1. The Morgan fingerprint density at radius 1 is 1.16 bits per heavy atom. The van der Waals surface area contributed by atoms with Crippen LogP contribution in [0.15, 0.2) is 59.6 Å². The molecule has 0 radical (unpaired) electrons. The summed E-state index contributed by atoms with van der Waals surface area (Å²) in [5, 5.41) is 3.62. The minimum atomic E-state index is -3.85. The summed E-state index contributed by atoms with van der Waals surface area (Å²) in [6.45, 7) is 8.11. The van der Waals surface area contributed by atoms with E-state index >= 15 is 0 Å². The lowest BCUT2D eigenvalue weighted by molar-refractivity contribution is 0.103. The molecule has 3 aromatic rings. The van der Waals surface area contributed by atoms with Gasteiger partial charge in [0.05, 0.1) is 34.6 Å². The third-order valence-electron chi connectivity index (χ3n) is 4.71. The first-order valence-corrected chi connectivity index (χ1v) is 12.4. The molecule has 1 aromatic heterocycles. The van der Waals surface area contributed by atoms with Crippen LogP contribution in [0, 0.1) is 0 Å². The van der Waals surface area contributed by atoms with Crippen LogP contribution in [-0.2, 0) is 15.4 Å². The van der Waals surface area contributed by atoms with E-state index in [1.807, 2.05) is 26.8 Å². The van der Waals surface area contributed by atoms with Crippen molar-refractivity contribution in [1.29, 1.82) is 0 Å². The van der Waals surface area contributed by atoms with Gasteiger partial charge in [-0.3, -0.25) is 9.10 Å². The summed E-state index contributed by atoms with van der Waals surface area (Å²) < 4.78 is 33.4. The number of ether oxygens (including phenoxy) is 1. The summed E-state index contributed by atoms with van der Waals surface area (Å²) in [5.41, 5.74) is 0.666. The number of aromatic nitrogens is 1. The third kappa shape index (κ3) is 4.94. The van der Waals surface area contributed by atoms with Crippen molar-refractivity contribution in [3.05, 3.63) is 64.6 Å². The molecule has 0 saturated carbocycles. The predicted octanol–water partition coefficient (Wildman–Crippen LogP) is 4.92. The molecular formula is C23H27N3O4S2. The molecule has 3 rings (SSSR count). The molecule has 0 bridgehead atoms. The molecule has 170 valence electrons. The van der Waals surface area contributed by atoms with Crippen LogP contribution in [0.5, 0.6) is 5.75 Å². The smallest absolute Gasteiger partial charge is 0.267 e. The van der Waals surface area contributed by atoms with Crippen LogP contribution in [0.4, 0.5) is 11.4 Å². The molecule has 0 saturated heterocycles. The first-order valence-electron chi connectivity index (χ1n) is 10.1. The Morgan fingerprint density at radius 3 is 2.41 bits per heavy atom. The molecule has 1 heterocycles. The average Bonchev–Trinajstić information content (AvgIpc) is 3.26. The highest BCUT2D eigenvalue weighted by Crippen LogP contribution is 2.32. The number of amides is 1. The number of rotatable bonds is 7. The van der Waals surface area contributed by atoms with Crippen molar-refractivity contribution >= 4 is 38.6 Å². The highest BCUT2D eigenvalue weighted by Gasteiger charge is 2.26. The first kappa shape index (κ1) is 23.7. The van der Waals surface area contributed by atoms with Crippen molar-refractivity contribution in [3.63, 3.8) is 0 Å². The molecule has 0 atom stereocenters. The summed E-state index contributed by atoms with van der Waals surface area (Å²) in [6.07, 6.45) is 1.53. The summed E-state index contributed by atoms with van der Waals surface area (Å²) in [7, 11) is -2.39. The van der Waals surface area contributed by atoms with Crippen molar-refractivity contribution in [1.82, 2.24) is 4.98 Å². The summed E-state index contributed by atoms with van der Waals surface area (Å²) in [4.78, 5) is 17.7. The van der Waals surface area contributed by atoms with Gasteiger partial charge in [0, 0.05) is 12.0 Å². The van der Waals surface area contributed by atoms with Crippen LogP contribution in [0.2, 0.25) is 0 Å². The van der Waals surface area contributed by atoms with Crippen LogP contribution in [0.3, 0.4) is 0 Å². The zero-order valence-electron chi connectivity index (χ0n) is 18.7. The fraction of sp³-hybridized carbons (Fsp3) is 0.304. The van der Waals surface area contributed by atoms with Gasteiger partial charge in [0.15, 0.2) is 0 Å². The SMILES string of the molecule is CCN(c1ccccc1)S(=O)(=O)c1ccc(OC)c(NC(=O)c2cnc(C(C)(C)C)s2)c1. The average molecular weight is 474 g/mol. The molecule has 0 spiro atoms. The maximum absolute atomic E-state index is 13.3. The van der Waals surface area contributed by atoms with E-state index < -0.39 is 10.0 Å². The molecule has 9 heteroatoms. The minimum Gasteiger partial charge on any atom is -0.495 e. The van der Waals surface area contributed by atoms with E-state index in [9.17, 15) is 13.2 Å². The number of hydrogen-bond donors (Lipinski definition) is 1. The van der Waals surface area contributed by atoms with Gasteiger partial charge in [0.2, 0.25) is 0 Å². The zero-order valence-corrected chi connectivity index (χ0v) is 20.4. The van der Waals surface area contributed by atoms with Gasteiger partial charge >= 0.3 is 0 Å². The van der Waals surface area contributed by atoms with E-state index in [4.69, 9.17) is 4.74 Å². The molecule has 0 aliphatic carbocycles. The van der Waals surface area contributed by atoms with Crippen LogP contribution >= 0.6 is 11.3 Å². The summed E-state index contributed by atoms with van der Waals surface area (Å²) in [6, 6.07) is 13.3. The number of nitrogens with one attached hydrogen (secondary N) is 1. The van der Waals surface area contributed by atoms with Gasteiger partial charge in [-0.2, -0.15) is 0 Å². The number of sulfonamides is 1. The quantitative estimate of drug-likeness (QED) is 0.526. The highest BCUT2D eigenvalue weighted by atomic mass is 32.2. The van der Waals surface area contributed by atoms with Gasteiger partial charge in [-0.25, -0.2) is 13.4 Å². The van der Waals surface area contributed by atoms with Gasteiger partial charge in [0.1, 0.15) is 10.6 Å². The normalized spacial score (nSPS) is 11.8. The maximum Gasteiger partial charge on any atom is 0.267 e. The molecule has 1 N–H and O–H groups in total. The number of hydrogen-bond acceptors (Lipinski definition) is 6. The van der Waals surface area contributed by atoms with E-state index in [-0.39, 0.29) is 28.4 Å². The Hall–Kier alpha value is -2.91. The van der Waals surface area contributed by atoms with E-state index in [1.54, 1.807) is 31.2 Å². The number of methoxy groups -OCH3 is 1. The van der Waals surface area contributed by atoms with Gasteiger partial charge < -0.3 is 10.1 Å². The van der Waals surface area contributed by atoms with Crippen molar-refractivity contribution in [2.45, 2.75) is 38.0 Å². The molecule has 32 heavy (non-hydrogen) atoms. The largest absolute Gasteiger partial charge is 0.495 e. The number of benzene rings is 2. The van der Waals surface area contributed by atoms with Crippen molar-refractivity contribution < 1.29 is 17.9 Å². The molecule has 0 unspecified atom stereocenters. The number of nitrogens with zero attached hydrogens (tertiary/aromatic N) is 2. The van der Waals surface area contributed by atoms with Crippen molar-refractivity contribution in [3.8, 4) is 5.75 Å². The second-order valence-corrected chi connectivity index (χ2v) is 11.0. The van der Waals surface area contributed by atoms with Crippen molar-refractivity contribution in [2.24, 2.45) is 0 Å². The van der Waals surface area contributed by atoms with Crippen LogP contribution in [-0.4, -0.2) is 33.0 Å². The maximum atomic E-state index is 13.3. The number of carbonyl (C=O) groups is 1. The Labute approximate surface area is 193 Å². The minimum absolute atomic E-state index is 0.0546. The Kier molecular flexibility index (Phi) is 6.90. The standard InChI is InChI=1S/C23H27N3O4S2/c1-6-26(16-10-8-7-9-11-16)32(28,29)17-12-13-19(30-5)18(14-17)25-21(27)20-15-24-22(31-20)23(2,3)4/h7-15H,6H2,1-5H3,(H,25,27). The second kappa shape index (κ2) is 9.30. The van der Waals surface area contributed by atoms with Gasteiger partial charge in [-0.15, -0.1) is 11.3 Å². The monoisotopic (exact) mass is 473 g/mol. The lowest BCUT2D eigenvalue weighted by Gasteiger charge is -2.23. The van der Waals surface area contributed by atoms with Gasteiger partial charge in [0.25, 0.3) is 15.9 Å². The molecule has 2 aromatic carbocycles. The van der Waals surface area contributed by atoms with Gasteiger partial charge in [-0.05, 0) is 37.3 Å². The van der Waals surface area contributed by atoms with Crippen LogP contribution in [0.1, 0.15) is 42.4 Å². The topological polar surface area (TPSA) is 88.6 Å². The molecule has 0 aliphatic heterocycles. The molecule has 0 aliphatic rings. The van der Waals surface area contributed by atoms with Gasteiger partial charge in [-0.1, -0.05) is 39.0 Å². The van der Waals surface area contributed by atoms with E-state index in [0.717, 1.165) is 5.01 Å². The fourth-order valence-electron chi connectivity index (χ4n) is 3.07. The number of anilines is 2. The van der Waals surface area contributed by atoms with E-state index in [1.165, 1.54) is 47.1 Å². The van der Waals surface area contributed by atoms with Crippen molar-refractivity contribution in [2.75, 3.05) is 23.3 Å². The number of para-hydroxylation sites is 1. The lowest BCUT2D eigenvalue weighted by Crippen LogP contribution is -2.30. The second-order valence-electron chi connectivity index (χ2n) is 8.10. The number of carbonyl (C=O) groups excluding carboxylic acids is 1. The van der Waals surface area contributed by atoms with E-state index in [0.29, 0.717) is 16.3 Å². The molecular weight excluding hydrogens is 446 g/mol. The molecule has 7 nitrogen and oxygen atoms in total. The Bertz CT molecular complexity index is 1200. The van der Waals surface area contributed by atoms with Crippen LogP contribution < -0.4 is 14.4 Å². The van der Waals surface area contributed by atoms with Crippen LogP contribution in [0.25, 0.3) is 0 Å². The van der Waals surface area contributed by atoms with E-state index in [2.05, 4.69) is 10.3 Å². The third-order valence-corrected chi connectivity index (χ3v) is 8.03. The predicted molar refractivity (Wildman–Crippen MR) is 128 cm³/mol.